The zero-order valence-electron chi connectivity index (χ0n) is 12.3. The molecular formula is C16H21NO3. The Kier molecular flexibility index (Phi) is 4.69. The van der Waals surface area contributed by atoms with E-state index in [0.717, 1.165) is 22.6 Å². The van der Waals surface area contributed by atoms with Gasteiger partial charge < -0.3 is 19.2 Å². The molecule has 2 atom stereocenters. The van der Waals surface area contributed by atoms with Gasteiger partial charge in [0.25, 0.3) is 0 Å². The van der Waals surface area contributed by atoms with Crippen LogP contribution in [0.5, 0.6) is 11.5 Å². The Morgan fingerprint density at radius 1 is 0.950 bits per heavy atom. The van der Waals surface area contributed by atoms with Crippen molar-refractivity contribution in [2.24, 2.45) is 0 Å². The molecule has 2 rings (SSSR count). The molecule has 0 saturated heterocycles. The van der Waals surface area contributed by atoms with Crippen LogP contribution in [-0.2, 0) is 0 Å². The van der Waals surface area contributed by atoms with Crippen LogP contribution in [-0.4, -0.2) is 14.2 Å². The van der Waals surface area contributed by atoms with Crippen LogP contribution >= 0.6 is 0 Å². The lowest BCUT2D eigenvalue weighted by atomic mass is 10.1. The highest BCUT2D eigenvalue weighted by Gasteiger charge is 2.14. The van der Waals surface area contributed by atoms with Crippen molar-refractivity contribution in [3.05, 3.63) is 47.9 Å². The fraction of sp³-hybridized carbons (Fsp3) is 0.375. The molecule has 108 valence electrons. The predicted molar refractivity (Wildman–Crippen MR) is 78.2 cm³/mol. The summed E-state index contributed by atoms with van der Waals surface area (Å²) in [5, 5.41) is 3.53. The maximum absolute atomic E-state index is 5.34. The molecule has 4 heteroatoms. The van der Waals surface area contributed by atoms with Gasteiger partial charge in [-0.15, -0.1) is 0 Å². The summed E-state index contributed by atoms with van der Waals surface area (Å²) in [4.78, 5) is 0. The first kappa shape index (κ1) is 14.5. The summed E-state index contributed by atoms with van der Waals surface area (Å²) in [6.07, 6.45) is 3.45. The Morgan fingerprint density at radius 2 is 1.65 bits per heavy atom. The van der Waals surface area contributed by atoms with Crippen LogP contribution in [0, 0.1) is 0 Å². The number of benzene rings is 1. The van der Waals surface area contributed by atoms with Gasteiger partial charge in [0.1, 0.15) is 0 Å². The number of hydrogen-bond donors (Lipinski definition) is 1. The molecule has 0 spiro atoms. The number of furan rings is 1. The van der Waals surface area contributed by atoms with E-state index in [1.165, 1.54) is 0 Å². The first-order chi connectivity index (χ1) is 9.65. The minimum Gasteiger partial charge on any atom is -0.493 e. The molecule has 0 fully saturated rings. The van der Waals surface area contributed by atoms with E-state index in [9.17, 15) is 0 Å². The molecule has 1 heterocycles. The maximum atomic E-state index is 5.34. The van der Waals surface area contributed by atoms with Gasteiger partial charge in [0.2, 0.25) is 0 Å². The Balaban J connectivity index is 2.11. The van der Waals surface area contributed by atoms with Crippen molar-refractivity contribution < 1.29 is 13.9 Å². The van der Waals surface area contributed by atoms with Gasteiger partial charge in [0.15, 0.2) is 11.5 Å². The summed E-state index contributed by atoms with van der Waals surface area (Å²) in [6.45, 7) is 4.24. The second-order valence-electron chi connectivity index (χ2n) is 4.78. The van der Waals surface area contributed by atoms with Crippen LogP contribution in [0.4, 0.5) is 0 Å². The van der Waals surface area contributed by atoms with E-state index >= 15 is 0 Å². The number of ether oxygens (including phenoxy) is 2. The highest BCUT2D eigenvalue weighted by Crippen LogP contribution is 2.30. The molecule has 2 unspecified atom stereocenters. The summed E-state index contributed by atoms with van der Waals surface area (Å²) >= 11 is 0. The standard InChI is InChI=1S/C16H21NO3/c1-11(17-12(2)14-7-8-20-10-14)13-5-6-15(18-3)16(9-13)19-4/h5-12,17H,1-4H3. The lowest BCUT2D eigenvalue weighted by Crippen LogP contribution is -2.22. The van der Waals surface area contributed by atoms with Gasteiger partial charge in [0.05, 0.1) is 26.7 Å². The quantitative estimate of drug-likeness (QED) is 0.872. The van der Waals surface area contributed by atoms with E-state index in [4.69, 9.17) is 13.9 Å². The van der Waals surface area contributed by atoms with Crippen molar-refractivity contribution in [3.63, 3.8) is 0 Å². The van der Waals surface area contributed by atoms with Gasteiger partial charge in [-0.05, 0) is 37.6 Å². The van der Waals surface area contributed by atoms with E-state index in [-0.39, 0.29) is 12.1 Å². The molecule has 2 aromatic rings. The molecule has 0 aliphatic rings. The average molecular weight is 275 g/mol. The van der Waals surface area contributed by atoms with Gasteiger partial charge in [-0.3, -0.25) is 0 Å². The summed E-state index contributed by atoms with van der Waals surface area (Å²) in [6, 6.07) is 8.35. The Morgan fingerprint density at radius 3 is 2.25 bits per heavy atom. The average Bonchev–Trinajstić information content (AvgIpc) is 3.00. The second kappa shape index (κ2) is 6.48. The van der Waals surface area contributed by atoms with Crippen molar-refractivity contribution in [2.45, 2.75) is 25.9 Å². The highest BCUT2D eigenvalue weighted by molar-refractivity contribution is 5.43. The normalized spacial score (nSPS) is 13.8. The fourth-order valence-electron chi connectivity index (χ4n) is 2.21. The number of rotatable bonds is 6. The van der Waals surface area contributed by atoms with Gasteiger partial charge >= 0.3 is 0 Å². The van der Waals surface area contributed by atoms with Crippen LogP contribution in [0.15, 0.2) is 41.2 Å². The monoisotopic (exact) mass is 275 g/mol. The number of methoxy groups -OCH3 is 2. The molecule has 20 heavy (non-hydrogen) atoms. The summed E-state index contributed by atoms with van der Waals surface area (Å²) in [7, 11) is 3.29. The molecule has 0 aliphatic carbocycles. The molecule has 0 radical (unpaired) electrons. The summed E-state index contributed by atoms with van der Waals surface area (Å²) in [5.41, 5.74) is 2.29. The molecule has 0 bridgehead atoms. The summed E-state index contributed by atoms with van der Waals surface area (Å²) < 4.78 is 15.7. The summed E-state index contributed by atoms with van der Waals surface area (Å²) in [5.74, 6) is 1.49. The highest BCUT2D eigenvalue weighted by atomic mass is 16.5. The van der Waals surface area contributed by atoms with Crippen molar-refractivity contribution in [1.82, 2.24) is 5.32 Å². The third-order valence-corrected chi connectivity index (χ3v) is 3.45. The van der Waals surface area contributed by atoms with E-state index < -0.39 is 0 Å². The van der Waals surface area contributed by atoms with Crippen LogP contribution in [0.3, 0.4) is 0 Å². The second-order valence-corrected chi connectivity index (χ2v) is 4.78. The smallest absolute Gasteiger partial charge is 0.161 e. The minimum absolute atomic E-state index is 0.194. The zero-order chi connectivity index (χ0) is 14.5. The number of nitrogens with one attached hydrogen (secondary N) is 1. The largest absolute Gasteiger partial charge is 0.493 e. The van der Waals surface area contributed by atoms with Crippen molar-refractivity contribution >= 4 is 0 Å². The molecule has 0 amide bonds. The zero-order valence-corrected chi connectivity index (χ0v) is 12.3. The minimum atomic E-state index is 0.194. The third-order valence-electron chi connectivity index (χ3n) is 3.45. The molecule has 1 N–H and O–H groups in total. The van der Waals surface area contributed by atoms with Gasteiger partial charge in [-0.1, -0.05) is 6.07 Å². The Bertz CT molecular complexity index is 537. The lowest BCUT2D eigenvalue weighted by Gasteiger charge is -2.20. The van der Waals surface area contributed by atoms with Crippen LogP contribution < -0.4 is 14.8 Å². The van der Waals surface area contributed by atoms with E-state index in [2.05, 4.69) is 19.2 Å². The van der Waals surface area contributed by atoms with Crippen LogP contribution in [0.25, 0.3) is 0 Å². The molecular weight excluding hydrogens is 254 g/mol. The topological polar surface area (TPSA) is 43.6 Å². The van der Waals surface area contributed by atoms with Crippen molar-refractivity contribution in [2.75, 3.05) is 14.2 Å². The molecule has 0 aliphatic heterocycles. The van der Waals surface area contributed by atoms with E-state index in [1.807, 2.05) is 24.3 Å². The van der Waals surface area contributed by atoms with Crippen LogP contribution in [0.2, 0.25) is 0 Å². The van der Waals surface area contributed by atoms with Crippen molar-refractivity contribution in [1.29, 1.82) is 0 Å². The van der Waals surface area contributed by atoms with Gasteiger partial charge in [0, 0.05) is 17.6 Å². The Labute approximate surface area is 119 Å². The fourth-order valence-corrected chi connectivity index (χ4v) is 2.21. The van der Waals surface area contributed by atoms with Crippen molar-refractivity contribution in [3.8, 4) is 11.5 Å². The Hall–Kier alpha value is -1.94. The predicted octanol–water partition coefficient (Wildman–Crippen LogP) is 3.71. The number of hydrogen-bond acceptors (Lipinski definition) is 4. The van der Waals surface area contributed by atoms with E-state index in [0.29, 0.717) is 0 Å². The van der Waals surface area contributed by atoms with Crippen LogP contribution in [0.1, 0.15) is 37.1 Å². The SMILES string of the molecule is COc1ccc(C(C)NC(C)c2ccoc2)cc1OC. The lowest BCUT2D eigenvalue weighted by molar-refractivity contribution is 0.353. The maximum Gasteiger partial charge on any atom is 0.161 e. The first-order valence-electron chi connectivity index (χ1n) is 6.65. The molecule has 1 aromatic heterocycles. The van der Waals surface area contributed by atoms with E-state index in [1.54, 1.807) is 26.7 Å². The van der Waals surface area contributed by atoms with Gasteiger partial charge in [-0.2, -0.15) is 0 Å². The molecule has 1 aromatic carbocycles. The molecule has 0 saturated carbocycles. The molecule has 4 nitrogen and oxygen atoms in total. The third kappa shape index (κ3) is 3.14. The first-order valence-corrected chi connectivity index (χ1v) is 6.65. The van der Waals surface area contributed by atoms with Gasteiger partial charge in [-0.25, -0.2) is 0 Å².